The molecule has 2 saturated heterocycles. The predicted octanol–water partition coefficient (Wildman–Crippen LogP) is 8.40. The molecule has 2 aromatic rings. The summed E-state index contributed by atoms with van der Waals surface area (Å²) in [7, 11) is 1.42. The monoisotopic (exact) mass is 1110 g/mol. The van der Waals surface area contributed by atoms with Crippen LogP contribution in [0, 0.1) is 35.0 Å². The highest BCUT2D eigenvalue weighted by atomic mass is 16.2. The minimum absolute atomic E-state index is 0.0161. The lowest BCUT2D eigenvalue weighted by molar-refractivity contribution is -0.142. The van der Waals surface area contributed by atoms with E-state index in [0.29, 0.717) is 108 Å². The number of nitriles is 1. The number of imide groups is 3. The summed E-state index contributed by atoms with van der Waals surface area (Å²) in [5, 5.41) is 12.8. The van der Waals surface area contributed by atoms with Gasteiger partial charge >= 0.3 is 0 Å². The van der Waals surface area contributed by atoms with Crippen molar-refractivity contribution in [1.82, 2.24) is 20.0 Å². The third-order valence-electron chi connectivity index (χ3n) is 16.1. The van der Waals surface area contributed by atoms with Gasteiger partial charge in [-0.1, -0.05) is 90.5 Å². The summed E-state index contributed by atoms with van der Waals surface area (Å²) in [5.41, 5.74) is 6.79. The van der Waals surface area contributed by atoms with E-state index in [4.69, 9.17) is 0 Å². The normalized spacial score (nSPS) is 17.8. The first-order valence-electron chi connectivity index (χ1n) is 29.2. The molecule has 0 radical (unpaired) electrons. The molecule has 0 spiro atoms. The number of aryl methyl sites for hydroxylation is 4. The van der Waals surface area contributed by atoms with E-state index in [2.05, 4.69) is 30.1 Å². The number of nitrogens with one attached hydrogen (secondary N) is 1. The van der Waals surface area contributed by atoms with Crippen molar-refractivity contribution in [2.75, 3.05) is 36.5 Å². The third kappa shape index (κ3) is 16.6. The van der Waals surface area contributed by atoms with E-state index in [9.17, 15) is 53.2 Å². The molecule has 1 N–H and O–H groups in total. The summed E-state index contributed by atoms with van der Waals surface area (Å²) in [6, 6.07) is 8.64. The molecule has 17 nitrogen and oxygen atoms in total. The smallest absolute Gasteiger partial charge is 0.258 e. The second-order valence-corrected chi connectivity index (χ2v) is 22.2. The van der Waals surface area contributed by atoms with E-state index >= 15 is 0 Å². The highest BCUT2D eigenvalue weighted by Crippen LogP contribution is 2.37. The number of ketones is 1. The molecule has 436 valence electrons. The lowest BCUT2D eigenvalue weighted by atomic mass is 9.87. The number of amides is 9. The minimum atomic E-state index is -0.940. The first kappa shape index (κ1) is 64.5. The van der Waals surface area contributed by atoms with Gasteiger partial charge in [-0.2, -0.15) is 5.26 Å². The maximum absolute atomic E-state index is 14.4. The van der Waals surface area contributed by atoms with Crippen LogP contribution in [-0.2, 0) is 80.0 Å². The number of likely N-dealkylation sites (N-methyl/N-ethyl adjacent to an activating group) is 1. The average Bonchev–Trinajstić information content (AvgIpc) is 4.27. The van der Waals surface area contributed by atoms with Crippen molar-refractivity contribution in [1.29, 1.82) is 5.26 Å². The Labute approximate surface area is 479 Å². The summed E-state index contributed by atoms with van der Waals surface area (Å²) < 4.78 is 0. The molecular formula is C64H85N7O10. The number of anilines is 2. The summed E-state index contributed by atoms with van der Waals surface area (Å²) in [6.07, 6.45) is 16.3. The fraction of sp³-hybridized carbons (Fsp3) is 0.547. The SMILES string of the molecule is C=CC(CC/C=C/CC(=O)NCCCC(C)CN(C(C)=O)C1CC(=O)N(c2c(CC)cc(Cc3cc(CC)c(N4C(=O)C=CC4=O)c(CC)c3)cc2CC)C1=O)CC(C#N)C(=O)CCCCC(C)CN(C(C)=O)C1CC(=O)N(C)C1=O. The van der Waals surface area contributed by atoms with Gasteiger partial charge in [-0.05, 0) is 128 Å². The van der Waals surface area contributed by atoms with Crippen LogP contribution < -0.4 is 15.1 Å². The molecule has 6 atom stereocenters. The number of hydrogen-bond donors (Lipinski definition) is 1. The lowest BCUT2D eigenvalue weighted by Gasteiger charge is -2.30. The number of allylic oxidation sites excluding steroid dienone is 2. The Morgan fingerprint density at radius 2 is 1.20 bits per heavy atom. The highest BCUT2D eigenvalue weighted by molar-refractivity contribution is 6.28. The molecule has 0 bridgehead atoms. The molecule has 81 heavy (non-hydrogen) atoms. The van der Waals surface area contributed by atoms with Gasteiger partial charge in [0, 0.05) is 65.5 Å². The molecule has 0 aliphatic carbocycles. The molecule has 2 aromatic carbocycles. The minimum Gasteiger partial charge on any atom is -0.356 e. The first-order valence-corrected chi connectivity index (χ1v) is 29.2. The van der Waals surface area contributed by atoms with Crippen LogP contribution in [0.2, 0.25) is 0 Å². The van der Waals surface area contributed by atoms with Gasteiger partial charge in [-0.25, -0.2) is 9.80 Å². The van der Waals surface area contributed by atoms with Crippen LogP contribution in [0.15, 0.2) is 61.2 Å². The molecule has 3 heterocycles. The number of likely N-dealkylation sites (tertiary alicyclic amines) is 1. The Bertz CT molecular complexity index is 2760. The Morgan fingerprint density at radius 3 is 1.67 bits per heavy atom. The van der Waals surface area contributed by atoms with E-state index in [0.717, 1.165) is 38.3 Å². The second kappa shape index (κ2) is 30.5. The van der Waals surface area contributed by atoms with Crippen LogP contribution >= 0.6 is 0 Å². The van der Waals surface area contributed by atoms with Crippen LogP contribution in [0.5, 0.6) is 0 Å². The number of rotatable bonds is 32. The Hall–Kier alpha value is -7.35. The molecule has 17 heteroatoms. The molecule has 6 unspecified atom stereocenters. The van der Waals surface area contributed by atoms with Crippen LogP contribution in [0.1, 0.15) is 166 Å². The topological polar surface area (TPSA) is 223 Å². The number of unbranched alkanes of at least 4 members (excludes halogenated alkanes) is 1. The fourth-order valence-corrected chi connectivity index (χ4v) is 11.5. The molecule has 3 aliphatic heterocycles. The number of hydrogen-bond acceptors (Lipinski definition) is 11. The summed E-state index contributed by atoms with van der Waals surface area (Å²) >= 11 is 0. The summed E-state index contributed by atoms with van der Waals surface area (Å²) in [6.45, 7) is 19.7. The number of carbonyl (C=O) groups excluding carboxylic acids is 10. The van der Waals surface area contributed by atoms with Gasteiger partial charge < -0.3 is 15.1 Å². The average molecular weight is 1110 g/mol. The second-order valence-electron chi connectivity index (χ2n) is 22.2. The van der Waals surface area contributed by atoms with E-state index in [1.807, 2.05) is 59.8 Å². The number of nitrogens with zero attached hydrogens (tertiary/aromatic N) is 6. The highest BCUT2D eigenvalue weighted by Gasteiger charge is 2.45. The van der Waals surface area contributed by atoms with Crippen molar-refractivity contribution in [2.24, 2.45) is 23.7 Å². The molecule has 0 aromatic heterocycles. The van der Waals surface area contributed by atoms with Gasteiger partial charge in [0.25, 0.3) is 23.6 Å². The zero-order chi connectivity index (χ0) is 59.7. The van der Waals surface area contributed by atoms with Crippen molar-refractivity contribution in [2.45, 2.75) is 177 Å². The van der Waals surface area contributed by atoms with Crippen LogP contribution in [0.4, 0.5) is 11.4 Å². The van der Waals surface area contributed by atoms with Gasteiger partial charge in [-0.15, -0.1) is 6.58 Å². The van der Waals surface area contributed by atoms with Crippen molar-refractivity contribution in [3.63, 3.8) is 0 Å². The zero-order valence-corrected chi connectivity index (χ0v) is 49.3. The maximum Gasteiger partial charge on any atom is 0.258 e. The summed E-state index contributed by atoms with van der Waals surface area (Å²) in [4.78, 5) is 136. The van der Waals surface area contributed by atoms with Gasteiger partial charge in [0.2, 0.25) is 29.5 Å². The van der Waals surface area contributed by atoms with Crippen molar-refractivity contribution in [3.8, 4) is 6.07 Å². The molecule has 2 fully saturated rings. The lowest BCUT2D eigenvalue weighted by Crippen LogP contribution is -2.46. The number of benzene rings is 2. The summed E-state index contributed by atoms with van der Waals surface area (Å²) in [5.74, 6) is -3.79. The Kier molecular flexibility index (Phi) is 24.2. The van der Waals surface area contributed by atoms with Crippen molar-refractivity contribution < 1.29 is 47.9 Å². The van der Waals surface area contributed by atoms with E-state index in [1.165, 1.54) is 52.6 Å². The van der Waals surface area contributed by atoms with E-state index in [-0.39, 0.29) is 103 Å². The van der Waals surface area contributed by atoms with Gasteiger partial charge in [0.1, 0.15) is 23.8 Å². The van der Waals surface area contributed by atoms with Crippen molar-refractivity contribution in [3.05, 3.63) is 94.6 Å². The quantitative estimate of drug-likeness (QED) is 0.0416. The van der Waals surface area contributed by atoms with Crippen LogP contribution in [-0.4, -0.2) is 112 Å². The standard InChI is InChI=1S/C64H85N7O10/c1-11-45(31-52(38-65)55(74)25-20-19-22-41(6)39-68(43(8)72)53-36-59(78)67(10)63(53)80)24-17-16-18-26-56(75)66-29-21-23-42(7)40-69(44(9)73)54-37-60(79)71(64(54)81)62-50(14-4)34-47(35-51(62)15-5)30-46-32-48(12-2)61(49(13-3)33-46)70-57(76)27-28-58(70)77/h11,16,18,27-28,32-35,41-42,45,52-54H,1,12-15,17,19-26,29-31,36-37,39-40H2,2-10H3,(H,66,75)/b18-16+. The zero-order valence-electron chi connectivity index (χ0n) is 49.3. The van der Waals surface area contributed by atoms with E-state index in [1.54, 1.807) is 12.2 Å². The van der Waals surface area contributed by atoms with Crippen LogP contribution in [0.3, 0.4) is 0 Å². The van der Waals surface area contributed by atoms with Crippen LogP contribution in [0.25, 0.3) is 0 Å². The molecule has 5 rings (SSSR count). The molecule has 0 saturated carbocycles. The third-order valence-corrected chi connectivity index (χ3v) is 16.1. The molecule has 9 amide bonds. The number of Topliss-reactive ketones (excluding diaryl/α,β-unsaturated/α-hetero) is 1. The van der Waals surface area contributed by atoms with Gasteiger partial charge in [-0.3, -0.25) is 52.8 Å². The largest absolute Gasteiger partial charge is 0.356 e. The van der Waals surface area contributed by atoms with Crippen molar-refractivity contribution >= 4 is 70.3 Å². The molecular weight excluding hydrogens is 1030 g/mol. The first-order chi connectivity index (χ1) is 38.6. The Morgan fingerprint density at radius 1 is 0.704 bits per heavy atom. The fourth-order valence-electron chi connectivity index (χ4n) is 11.5. The number of carbonyl (C=O) groups is 10. The van der Waals surface area contributed by atoms with Gasteiger partial charge in [0.15, 0.2) is 0 Å². The molecule has 3 aliphatic rings. The maximum atomic E-state index is 14.4. The van der Waals surface area contributed by atoms with Gasteiger partial charge in [0.05, 0.1) is 30.3 Å². The van der Waals surface area contributed by atoms with E-state index < -0.39 is 23.9 Å². The predicted molar refractivity (Wildman–Crippen MR) is 311 cm³/mol. The Balaban J connectivity index is 1.04.